The summed E-state index contributed by atoms with van der Waals surface area (Å²) in [7, 11) is 0. The molecule has 8 heteroatoms. The van der Waals surface area contributed by atoms with Crippen molar-refractivity contribution < 1.29 is 24.3 Å². The molecule has 1 aromatic carbocycles. The van der Waals surface area contributed by atoms with Crippen molar-refractivity contribution in [1.82, 2.24) is 0 Å². The van der Waals surface area contributed by atoms with Gasteiger partial charge in [-0.3, -0.25) is 10.1 Å². The van der Waals surface area contributed by atoms with Crippen LogP contribution in [0.5, 0.6) is 0 Å². The number of aliphatic hydroxyl groups excluding tert-OH is 1. The monoisotopic (exact) mass is 286 g/mol. The number of carbonyl (C=O) groups is 1. The molecular formula is C12H15FN2O5. The van der Waals surface area contributed by atoms with E-state index in [1.165, 1.54) is 0 Å². The Morgan fingerprint density at radius 1 is 1.55 bits per heavy atom. The van der Waals surface area contributed by atoms with Crippen molar-refractivity contribution >= 4 is 17.3 Å². The predicted octanol–water partition coefficient (Wildman–Crippen LogP) is 2.00. The van der Waals surface area contributed by atoms with Gasteiger partial charge in [-0.15, -0.1) is 0 Å². The second kappa shape index (κ2) is 6.80. The number of nitro groups is 1. The molecule has 0 heterocycles. The molecule has 0 amide bonds. The Morgan fingerprint density at radius 3 is 2.70 bits per heavy atom. The van der Waals surface area contributed by atoms with Gasteiger partial charge in [-0.25, -0.2) is 9.18 Å². The molecule has 20 heavy (non-hydrogen) atoms. The molecule has 0 aliphatic rings. The molecule has 1 atom stereocenters. The number of rotatable bonds is 7. The molecule has 0 radical (unpaired) electrons. The Kier molecular flexibility index (Phi) is 5.39. The minimum Gasteiger partial charge on any atom is -0.478 e. The van der Waals surface area contributed by atoms with E-state index in [1.54, 1.807) is 6.92 Å². The van der Waals surface area contributed by atoms with Crippen LogP contribution in [0.2, 0.25) is 0 Å². The van der Waals surface area contributed by atoms with Gasteiger partial charge in [0.1, 0.15) is 17.1 Å². The molecule has 3 N–H and O–H groups in total. The Hall–Kier alpha value is -2.22. The molecule has 0 fully saturated rings. The number of nitrogens with one attached hydrogen (secondary N) is 1. The highest BCUT2D eigenvalue weighted by Crippen LogP contribution is 2.28. The normalized spacial score (nSPS) is 11.9. The fourth-order valence-electron chi connectivity index (χ4n) is 1.60. The predicted molar refractivity (Wildman–Crippen MR) is 69.4 cm³/mol. The second-order valence-corrected chi connectivity index (χ2v) is 4.19. The number of hydrogen-bond donors (Lipinski definition) is 3. The number of halogens is 1. The summed E-state index contributed by atoms with van der Waals surface area (Å²) in [5, 5.41) is 31.6. The van der Waals surface area contributed by atoms with Crippen LogP contribution in [0.1, 0.15) is 30.1 Å². The maximum atomic E-state index is 13.5. The Morgan fingerprint density at radius 2 is 2.20 bits per heavy atom. The molecule has 1 rings (SSSR count). The number of aromatic carboxylic acids is 1. The molecule has 0 aliphatic heterocycles. The first kappa shape index (κ1) is 15.8. The summed E-state index contributed by atoms with van der Waals surface area (Å²) >= 11 is 0. The first-order chi connectivity index (χ1) is 9.36. The molecule has 0 saturated carbocycles. The summed E-state index contributed by atoms with van der Waals surface area (Å²) in [5.74, 6) is -2.62. The zero-order chi connectivity index (χ0) is 15.3. The first-order valence-corrected chi connectivity index (χ1v) is 6.00. The van der Waals surface area contributed by atoms with Gasteiger partial charge in [0.2, 0.25) is 0 Å². The summed E-state index contributed by atoms with van der Waals surface area (Å²) in [5.41, 5.74) is -1.38. The lowest BCUT2D eigenvalue weighted by Gasteiger charge is -2.11. The van der Waals surface area contributed by atoms with Crippen molar-refractivity contribution in [2.45, 2.75) is 25.9 Å². The lowest BCUT2D eigenvalue weighted by molar-refractivity contribution is -0.384. The maximum absolute atomic E-state index is 13.5. The van der Waals surface area contributed by atoms with Crippen molar-refractivity contribution in [2.75, 3.05) is 11.9 Å². The number of hydrogen-bond acceptors (Lipinski definition) is 5. The van der Waals surface area contributed by atoms with E-state index in [2.05, 4.69) is 5.32 Å². The van der Waals surface area contributed by atoms with Gasteiger partial charge in [0.15, 0.2) is 0 Å². The van der Waals surface area contributed by atoms with E-state index < -0.39 is 34.1 Å². The number of nitrogens with zero attached hydrogens (tertiary/aromatic N) is 1. The number of aliphatic hydroxyl groups is 1. The van der Waals surface area contributed by atoms with Crippen molar-refractivity contribution in [3.05, 3.63) is 33.6 Å². The molecule has 0 bridgehead atoms. The smallest absolute Gasteiger partial charge is 0.338 e. The van der Waals surface area contributed by atoms with Crippen molar-refractivity contribution in [2.24, 2.45) is 0 Å². The SMILES string of the molecule is CCC(O)CCNc1cc(F)c(C(=O)O)cc1[N+](=O)[O-]. The van der Waals surface area contributed by atoms with Gasteiger partial charge in [-0.2, -0.15) is 0 Å². The topological polar surface area (TPSA) is 113 Å². The van der Waals surface area contributed by atoms with Gasteiger partial charge in [0.05, 0.1) is 11.0 Å². The largest absolute Gasteiger partial charge is 0.478 e. The van der Waals surface area contributed by atoms with Crippen molar-refractivity contribution in [3.8, 4) is 0 Å². The summed E-state index contributed by atoms with van der Waals surface area (Å²) in [6.45, 7) is 2.00. The lowest BCUT2D eigenvalue weighted by Crippen LogP contribution is -2.13. The number of benzene rings is 1. The van der Waals surface area contributed by atoms with Gasteiger partial charge >= 0.3 is 5.97 Å². The minimum atomic E-state index is -1.57. The molecule has 1 aromatic rings. The third-order valence-electron chi connectivity index (χ3n) is 2.78. The zero-order valence-corrected chi connectivity index (χ0v) is 10.8. The molecule has 0 spiro atoms. The van der Waals surface area contributed by atoms with Crippen LogP contribution in [0.15, 0.2) is 12.1 Å². The van der Waals surface area contributed by atoms with E-state index in [-0.39, 0.29) is 12.2 Å². The first-order valence-electron chi connectivity index (χ1n) is 6.00. The van der Waals surface area contributed by atoms with E-state index in [4.69, 9.17) is 5.11 Å². The number of anilines is 1. The standard InChI is InChI=1S/C12H15FN2O5/c1-2-7(16)3-4-14-10-6-9(13)8(12(17)18)5-11(10)15(19)20/h5-7,14,16H,2-4H2,1H3,(H,17,18). The average Bonchev–Trinajstić information content (AvgIpc) is 2.37. The highest BCUT2D eigenvalue weighted by molar-refractivity contribution is 5.90. The second-order valence-electron chi connectivity index (χ2n) is 4.19. The fraction of sp³-hybridized carbons (Fsp3) is 0.417. The van der Waals surface area contributed by atoms with Gasteiger partial charge < -0.3 is 15.5 Å². The third-order valence-corrected chi connectivity index (χ3v) is 2.78. The summed E-state index contributed by atoms with van der Waals surface area (Å²) in [6.07, 6.45) is 0.330. The van der Waals surface area contributed by atoms with E-state index >= 15 is 0 Å². The molecular weight excluding hydrogens is 271 g/mol. The van der Waals surface area contributed by atoms with Gasteiger partial charge in [-0.05, 0) is 12.8 Å². The van der Waals surface area contributed by atoms with E-state index in [1.807, 2.05) is 0 Å². The highest BCUT2D eigenvalue weighted by atomic mass is 19.1. The van der Waals surface area contributed by atoms with Gasteiger partial charge in [0.25, 0.3) is 5.69 Å². The van der Waals surface area contributed by atoms with Crippen LogP contribution in [-0.2, 0) is 0 Å². The molecule has 0 aliphatic carbocycles. The summed E-state index contributed by atoms with van der Waals surface area (Å²) in [6, 6.07) is 1.45. The van der Waals surface area contributed by atoms with Crippen LogP contribution < -0.4 is 5.32 Å². The Labute approximate surface area is 114 Å². The van der Waals surface area contributed by atoms with E-state index in [0.29, 0.717) is 18.9 Å². The quantitative estimate of drug-likeness (QED) is 0.522. The van der Waals surface area contributed by atoms with Crippen molar-refractivity contribution in [3.63, 3.8) is 0 Å². The Balaban J connectivity index is 2.97. The molecule has 7 nitrogen and oxygen atoms in total. The number of carboxylic acid groups (broad SMARTS) is 1. The minimum absolute atomic E-state index is 0.110. The van der Waals surface area contributed by atoms with E-state index in [9.17, 15) is 24.4 Å². The molecule has 0 aromatic heterocycles. The number of nitro benzene ring substituents is 1. The van der Waals surface area contributed by atoms with Crippen LogP contribution in [0.3, 0.4) is 0 Å². The van der Waals surface area contributed by atoms with Crippen LogP contribution in [0, 0.1) is 15.9 Å². The van der Waals surface area contributed by atoms with E-state index in [0.717, 1.165) is 6.07 Å². The van der Waals surface area contributed by atoms with Crippen LogP contribution in [0.25, 0.3) is 0 Å². The average molecular weight is 286 g/mol. The van der Waals surface area contributed by atoms with Crippen LogP contribution in [0.4, 0.5) is 15.8 Å². The molecule has 1 unspecified atom stereocenters. The fourth-order valence-corrected chi connectivity index (χ4v) is 1.60. The lowest BCUT2D eigenvalue weighted by atomic mass is 10.1. The van der Waals surface area contributed by atoms with Crippen LogP contribution >= 0.6 is 0 Å². The summed E-state index contributed by atoms with van der Waals surface area (Å²) in [4.78, 5) is 20.8. The van der Waals surface area contributed by atoms with Crippen molar-refractivity contribution in [1.29, 1.82) is 0 Å². The van der Waals surface area contributed by atoms with Gasteiger partial charge in [0, 0.05) is 18.7 Å². The molecule has 110 valence electrons. The third kappa shape index (κ3) is 3.89. The highest BCUT2D eigenvalue weighted by Gasteiger charge is 2.21. The number of carboxylic acids is 1. The van der Waals surface area contributed by atoms with Gasteiger partial charge in [-0.1, -0.05) is 6.92 Å². The summed E-state index contributed by atoms with van der Waals surface area (Å²) < 4.78 is 13.5. The van der Waals surface area contributed by atoms with Crippen LogP contribution in [-0.4, -0.2) is 33.8 Å². The zero-order valence-electron chi connectivity index (χ0n) is 10.8. The molecule has 0 saturated heterocycles. The maximum Gasteiger partial charge on any atom is 0.338 e. The Bertz CT molecular complexity index is 521.